The Hall–Kier alpha value is -1.44. The molecule has 0 radical (unpaired) electrons. The van der Waals surface area contributed by atoms with Gasteiger partial charge in [0.25, 0.3) is 10.2 Å². The first kappa shape index (κ1) is 16.4. The highest BCUT2D eigenvalue weighted by atomic mass is 32.2. The minimum absolute atomic E-state index is 0.220. The minimum atomic E-state index is -3.21. The summed E-state index contributed by atoms with van der Waals surface area (Å²) in [5.41, 5.74) is 1.91. The molecule has 1 saturated heterocycles. The van der Waals surface area contributed by atoms with Gasteiger partial charge in [0.05, 0.1) is 6.61 Å². The summed E-state index contributed by atoms with van der Waals surface area (Å²) >= 11 is 0. The first-order valence-electron chi connectivity index (χ1n) is 8.10. The molecule has 1 aromatic rings. The molecule has 6 nitrogen and oxygen atoms in total. The first-order valence-corrected chi connectivity index (χ1v) is 9.54. The summed E-state index contributed by atoms with van der Waals surface area (Å²) < 4.78 is 32.8. The molecular weight excluding hydrogens is 316 g/mol. The lowest BCUT2D eigenvalue weighted by Crippen LogP contribution is -2.30. The number of unbranched alkanes of at least 4 members (excludes halogenated alkanes) is 2. The summed E-state index contributed by atoms with van der Waals surface area (Å²) in [6, 6.07) is 5.67. The van der Waals surface area contributed by atoms with Gasteiger partial charge in [0.15, 0.2) is 5.78 Å². The topological polar surface area (TPSA) is 75.7 Å². The Balaban J connectivity index is 1.35. The van der Waals surface area contributed by atoms with Gasteiger partial charge < -0.3 is 4.74 Å². The molecule has 0 saturated carbocycles. The molecule has 7 heteroatoms. The van der Waals surface area contributed by atoms with Gasteiger partial charge in [0.2, 0.25) is 0 Å². The van der Waals surface area contributed by atoms with Gasteiger partial charge in [-0.2, -0.15) is 12.7 Å². The maximum atomic E-state index is 11.6. The number of ether oxygens (including phenoxy) is 1. The number of aryl methyl sites for hydroxylation is 1. The molecule has 1 aliphatic carbocycles. The molecule has 0 aromatic heterocycles. The summed E-state index contributed by atoms with van der Waals surface area (Å²) in [5, 5.41) is 0. The van der Waals surface area contributed by atoms with E-state index in [2.05, 4.69) is 4.72 Å². The fraction of sp³-hybridized carbons (Fsp3) is 0.562. The number of nitrogens with one attached hydrogen (secondary N) is 1. The molecule has 2 aliphatic rings. The van der Waals surface area contributed by atoms with Gasteiger partial charge in [0.1, 0.15) is 5.75 Å². The summed E-state index contributed by atoms with van der Waals surface area (Å²) in [6.07, 6.45) is 4.06. The molecule has 0 atom stereocenters. The highest BCUT2D eigenvalue weighted by Crippen LogP contribution is 2.26. The van der Waals surface area contributed by atoms with Crippen LogP contribution in [0.15, 0.2) is 18.2 Å². The normalized spacial score (nSPS) is 19.9. The van der Waals surface area contributed by atoms with E-state index in [0.717, 1.165) is 42.6 Å². The van der Waals surface area contributed by atoms with E-state index >= 15 is 0 Å². The standard InChI is InChI=1S/C16H22N2O4S/c19-16-7-4-13-12-14(5-6-15(13)16)22-11-3-1-2-9-18-10-8-17-23(18,20)21/h5-6,12,17H,1-4,7-11H2. The molecule has 0 unspecified atom stereocenters. The molecule has 3 rings (SSSR count). The van der Waals surface area contributed by atoms with Crippen molar-refractivity contribution in [1.29, 1.82) is 0 Å². The van der Waals surface area contributed by atoms with Gasteiger partial charge in [-0.15, -0.1) is 0 Å². The number of benzene rings is 1. The van der Waals surface area contributed by atoms with Crippen LogP contribution in [-0.2, 0) is 16.6 Å². The van der Waals surface area contributed by atoms with E-state index in [-0.39, 0.29) is 5.78 Å². The third kappa shape index (κ3) is 3.91. The van der Waals surface area contributed by atoms with E-state index in [1.165, 1.54) is 4.31 Å². The van der Waals surface area contributed by atoms with Crippen molar-refractivity contribution >= 4 is 16.0 Å². The Morgan fingerprint density at radius 1 is 1.17 bits per heavy atom. The maximum absolute atomic E-state index is 11.6. The fourth-order valence-corrected chi connectivity index (χ4v) is 4.25. The number of Topliss-reactive ketones (excluding diaryl/α,β-unsaturated/α-hetero) is 1. The van der Waals surface area contributed by atoms with E-state index in [1.807, 2.05) is 18.2 Å². The van der Waals surface area contributed by atoms with E-state index in [4.69, 9.17) is 4.74 Å². The molecule has 0 amide bonds. The Kier molecular flexibility index (Phi) is 4.99. The van der Waals surface area contributed by atoms with Crippen LogP contribution in [-0.4, -0.2) is 44.7 Å². The van der Waals surface area contributed by atoms with Crippen LogP contribution in [0.25, 0.3) is 0 Å². The lowest BCUT2D eigenvalue weighted by molar-refractivity contribution is 0.0994. The highest BCUT2D eigenvalue weighted by molar-refractivity contribution is 7.87. The van der Waals surface area contributed by atoms with E-state index in [1.54, 1.807) is 0 Å². The molecule has 1 aromatic carbocycles. The van der Waals surface area contributed by atoms with Crippen LogP contribution < -0.4 is 9.46 Å². The van der Waals surface area contributed by atoms with Crippen LogP contribution in [0.4, 0.5) is 0 Å². The average Bonchev–Trinajstić information content (AvgIpc) is 3.05. The Morgan fingerprint density at radius 2 is 2.04 bits per heavy atom. The quantitative estimate of drug-likeness (QED) is 0.765. The predicted octanol–water partition coefficient (Wildman–Crippen LogP) is 1.51. The van der Waals surface area contributed by atoms with Crippen LogP contribution in [0.2, 0.25) is 0 Å². The zero-order valence-corrected chi connectivity index (χ0v) is 13.9. The smallest absolute Gasteiger partial charge is 0.279 e. The summed E-state index contributed by atoms with van der Waals surface area (Å²) in [4.78, 5) is 11.6. The zero-order valence-electron chi connectivity index (χ0n) is 13.1. The number of ketones is 1. The van der Waals surface area contributed by atoms with Gasteiger partial charge in [-0.05, 0) is 49.4 Å². The summed E-state index contributed by atoms with van der Waals surface area (Å²) in [6.45, 7) is 2.24. The van der Waals surface area contributed by atoms with Gasteiger partial charge in [-0.25, -0.2) is 4.72 Å². The van der Waals surface area contributed by atoms with Crippen molar-refractivity contribution in [3.63, 3.8) is 0 Å². The second kappa shape index (κ2) is 6.98. The fourth-order valence-electron chi connectivity index (χ4n) is 3.02. The third-order valence-electron chi connectivity index (χ3n) is 4.30. The second-order valence-corrected chi connectivity index (χ2v) is 7.70. The van der Waals surface area contributed by atoms with Crippen LogP contribution >= 0.6 is 0 Å². The molecule has 126 valence electrons. The molecule has 23 heavy (non-hydrogen) atoms. The van der Waals surface area contributed by atoms with Crippen LogP contribution in [0.3, 0.4) is 0 Å². The number of carbonyl (C=O) groups excluding carboxylic acids is 1. The first-order chi connectivity index (χ1) is 11.1. The predicted molar refractivity (Wildman–Crippen MR) is 86.9 cm³/mol. The van der Waals surface area contributed by atoms with E-state index < -0.39 is 10.2 Å². The summed E-state index contributed by atoms with van der Waals surface area (Å²) in [5.74, 6) is 1.03. The lowest BCUT2D eigenvalue weighted by atomic mass is 10.1. The molecular formula is C16H22N2O4S. The largest absolute Gasteiger partial charge is 0.494 e. The van der Waals surface area contributed by atoms with Crippen LogP contribution in [0, 0.1) is 0 Å². The minimum Gasteiger partial charge on any atom is -0.494 e. The SMILES string of the molecule is O=C1CCc2cc(OCCCCCN3CCNS3(=O)=O)ccc21. The highest BCUT2D eigenvalue weighted by Gasteiger charge is 2.26. The monoisotopic (exact) mass is 338 g/mol. The Labute approximate surface area is 137 Å². The third-order valence-corrected chi connectivity index (χ3v) is 5.92. The van der Waals surface area contributed by atoms with E-state index in [0.29, 0.717) is 32.7 Å². The summed E-state index contributed by atoms with van der Waals surface area (Å²) in [7, 11) is -3.21. The molecule has 0 bridgehead atoms. The maximum Gasteiger partial charge on any atom is 0.279 e. The second-order valence-electron chi connectivity index (χ2n) is 5.95. The van der Waals surface area contributed by atoms with Crippen molar-refractivity contribution in [2.45, 2.75) is 32.1 Å². The van der Waals surface area contributed by atoms with Crippen molar-refractivity contribution in [3.8, 4) is 5.75 Å². The Morgan fingerprint density at radius 3 is 2.83 bits per heavy atom. The lowest BCUT2D eigenvalue weighted by Gasteiger charge is -2.13. The number of carbonyl (C=O) groups is 1. The molecule has 1 fully saturated rings. The number of nitrogens with zero attached hydrogens (tertiary/aromatic N) is 1. The number of fused-ring (bicyclic) bond motifs is 1. The van der Waals surface area contributed by atoms with Crippen LogP contribution in [0.5, 0.6) is 5.75 Å². The van der Waals surface area contributed by atoms with Crippen molar-refractivity contribution in [3.05, 3.63) is 29.3 Å². The van der Waals surface area contributed by atoms with Crippen LogP contribution in [0.1, 0.15) is 41.6 Å². The van der Waals surface area contributed by atoms with Gasteiger partial charge in [-0.3, -0.25) is 4.79 Å². The van der Waals surface area contributed by atoms with Crippen molar-refractivity contribution in [2.24, 2.45) is 0 Å². The number of rotatable bonds is 7. The number of hydrogen-bond donors (Lipinski definition) is 1. The van der Waals surface area contributed by atoms with Crippen molar-refractivity contribution < 1.29 is 17.9 Å². The molecule has 1 heterocycles. The Bertz CT molecular complexity index is 687. The van der Waals surface area contributed by atoms with Crippen molar-refractivity contribution in [1.82, 2.24) is 9.03 Å². The van der Waals surface area contributed by atoms with E-state index in [9.17, 15) is 13.2 Å². The molecule has 1 aliphatic heterocycles. The van der Waals surface area contributed by atoms with Gasteiger partial charge in [-0.1, -0.05) is 0 Å². The molecule has 0 spiro atoms. The average molecular weight is 338 g/mol. The zero-order chi connectivity index (χ0) is 16.3. The van der Waals surface area contributed by atoms with Crippen molar-refractivity contribution in [2.75, 3.05) is 26.2 Å². The van der Waals surface area contributed by atoms with Gasteiger partial charge in [0, 0.05) is 31.6 Å². The molecule has 1 N–H and O–H groups in total. The number of hydrogen-bond acceptors (Lipinski definition) is 4. The van der Waals surface area contributed by atoms with Gasteiger partial charge >= 0.3 is 0 Å².